The lowest BCUT2D eigenvalue weighted by atomic mass is 10.3. The molecular weight excluding hydrogens is 256 g/mol. The van der Waals surface area contributed by atoms with Gasteiger partial charge in [-0.25, -0.2) is 5.10 Å². The van der Waals surface area contributed by atoms with Gasteiger partial charge in [-0.1, -0.05) is 11.6 Å². The molecule has 0 aliphatic carbocycles. The molecule has 100 valence electrons. The third-order valence-electron chi connectivity index (χ3n) is 2.57. The van der Waals surface area contributed by atoms with Crippen molar-refractivity contribution < 1.29 is 4.79 Å². The second-order valence-corrected chi connectivity index (χ2v) is 4.05. The van der Waals surface area contributed by atoms with Gasteiger partial charge in [0.05, 0.1) is 11.9 Å². The van der Waals surface area contributed by atoms with Crippen LogP contribution in [0.1, 0.15) is 20.3 Å². The number of nitrogens with zero attached hydrogens (tertiary/aromatic N) is 2. The number of H-pyrrole nitrogens is 1. The van der Waals surface area contributed by atoms with Gasteiger partial charge in [-0.3, -0.25) is 9.59 Å². The summed E-state index contributed by atoms with van der Waals surface area (Å²) in [6, 6.07) is 0. The Kier molecular flexibility index (Phi) is 5.64. The first-order valence-electron chi connectivity index (χ1n) is 5.85. The van der Waals surface area contributed by atoms with Crippen molar-refractivity contribution in [3.63, 3.8) is 0 Å². The quantitative estimate of drug-likeness (QED) is 0.813. The SMILES string of the molecule is CCN(CC)C(=O)CCNc1cn[nH]c(=O)c1Cl. The van der Waals surface area contributed by atoms with E-state index in [0.717, 1.165) is 0 Å². The zero-order valence-corrected chi connectivity index (χ0v) is 11.3. The molecule has 0 bridgehead atoms. The van der Waals surface area contributed by atoms with Gasteiger partial charge in [0.15, 0.2) is 0 Å². The summed E-state index contributed by atoms with van der Waals surface area (Å²) in [5.74, 6) is 0.0708. The molecule has 0 spiro atoms. The van der Waals surface area contributed by atoms with Crippen LogP contribution in [-0.2, 0) is 4.79 Å². The molecule has 0 aromatic carbocycles. The maximum atomic E-state index is 11.7. The van der Waals surface area contributed by atoms with Crippen molar-refractivity contribution in [2.24, 2.45) is 0 Å². The van der Waals surface area contributed by atoms with E-state index >= 15 is 0 Å². The highest BCUT2D eigenvalue weighted by Crippen LogP contribution is 2.13. The van der Waals surface area contributed by atoms with Crippen LogP contribution in [-0.4, -0.2) is 40.6 Å². The van der Waals surface area contributed by atoms with Gasteiger partial charge in [0, 0.05) is 26.1 Å². The number of hydrogen-bond donors (Lipinski definition) is 2. The van der Waals surface area contributed by atoms with Crippen LogP contribution in [0.3, 0.4) is 0 Å². The first-order chi connectivity index (χ1) is 8.60. The predicted molar refractivity (Wildman–Crippen MR) is 70.9 cm³/mol. The van der Waals surface area contributed by atoms with E-state index in [0.29, 0.717) is 31.7 Å². The summed E-state index contributed by atoms with van der Waals surface area (Å²) in [6.45, 7) is 5.68. The Morgan fingerprint density at radius 2 is 2.17 bits per heavy atom. The van der Waals surface area contributed by atoms with Crippen molar-refractivity contribution in [3.8, 4) is 0 Å². The van der Waals surface area contributed by atoms with Crippen LogP contribution in [0.5, 0.6) is 0 Å². The molecule has 0 fully saturated rings. The van der Waals surface area contributed by atoms with E-state index in [1.54, 1.807) is 4.90 Å². The Hall–Kier alpha value is -1.56. The topological polar surface area (TPSA) is 78.1 Å². The zero-order valence-electron chi connectivity index (χ0n) is 10.5. The molecule has 18 heavy (non-hydrogen) atoms. The Labute approximate surface area is 110 Å². The summed E-state index contributed by atoms with van der Waals surface area (Å²) in [7, 11) is 0. The number of hydrogen-bond acceptors (Lipinski definition) is 4. The number of anilines is 1. The molecule has 2 N–H and O–H groups in total. The number of amides is 1. The van der Waals surface area contributed by atoms with Crippen molar-refractivity contribution in [2.75, 3.05) is 25.0 Å². The van der Waals surface area contributed by atoms with Crippen molar-refractivity contribution in [1.29, 1.82) is 0 Å². The summed E-state index contributed by atoms with van der Waals surface area (Å²) >= 11 is 5.78. The molecule has 1 heterocycles. The maximum absolute atomic E-state index is 11.7. The third kappa shape index (κ3) is 3.73. The smallest absolute Gasteiger partial charge is 0.285 e. The highest BCUT2D eigenvalue weighted by Gasteiger charge is 2.09. The van der Waals surface area contributed by atoms with Gasteiger partial charge in [0.2, 0.25) is 5.91 Å². The van der Waals surface area contributed by atoms with Crippen molar-refractivity contribution in [3.05, 3.63) is 21.6 Å². The number of rotatable bonds is 6. The molecule has 0 radical (unpaired) electrons. The van der Waals surface area contributed by atoms with E-state index in [1.165, 1.54) is 6.20 Å². The van der Waals surface area contributed by atoms with Crippen LogP contribution in [0.25, 0.3) is 0 Å². The minimum Gasteiger partial charge on any atom is -0.382 e. The summed E-state index contributed by atoms with van der Waals surface area (Å²) in [5.41, 5.74) is -0.00972. The Morgan fingerprint density at radius 1 is 1.50 bits per heavy atom. The number of carbonyl (C=O) groups excluding carboxylic acids is 1. The molecule has 1 rings (SSSR count). The standard InChI is InChI=1S/C11H17ClN4O2/c1-3-16(4-2)9(17)5-6-13-8-7-14-15-11(18)10(8)12/h7H,3-6H2,1-2H3,(H2,13,15,18). The molecular formula is C11H17ClN4O2. The Bertz CT molecular complexity index is 457. The third-order valence-corrected chi connectivity index (χ3v) is 2.94. The first kappa shape index (κ1) is 14.5. The lowest BCUT2D eigenvalue weighted by molar-refractivity contribution is -0.130. The minimum absolute atomic E-state index is 0.0558. The fourth-order valence-corrected chi connectivity index (χ4v) is 1.70. The summed E-state index contributed by atoms with van der Waals surface area (Å²) < 4.78 is 0. The monoisotopic (exact) mass is 272 g/mol. The fourth-order valence-electron chi connectivity index (χ4n) is 1.55. The van der Waals surface area contributed by atoms with E-state index in [2.05, 4.69) is 15.5 Å². The molecule has 0 atom stereocenters. The fraction of sp³-hybridized carbons (Fsp3) is 0.545. The summed E-state index contributed by atoms with van der Waals surface area (Å²) in [6.07, 6.45) is 1.77. The average Bonchev–Trinajstić information content (AvgIpc) is 2.36. The minimum atomic E-state index is -0.447. The normalized spacial score (nSPS) is 10.2. The largest absolute Gasteiger partial charge is 0.382 e. The average molecular weight is 273 g/mol. The molecule has 7 heteroatoms. The lowest BCUT2D eigenvalue weighted by Crippen LogP contribution is -2.31. The van der Waals surface area contributed by atoms with Gasteiger partial charge in [-0.2, -0.15) is 5.10 Å². The molecule has 1 aromatic rings. The van der Waals surface area contributed by atoms with E-state index < -0.39 is 5.56 Å². The highest BCUT2D eigenvalue weighted by molar-refractivity contribution is 6.32. The van der Waals surface area contributed by atoms with E-state index in [-0.39, 0.29) is 10.9 Å². The molecule has 1 aromatic heterocycles. The molecule has 0 aliphatic heterocycles. The highest BCUT2D eigenvalue weighted by atomic mass is 35.5. The number of nitrogens with one attached hydrogen (secondary N) is 2. The van der Waals surface area contributed by atoms with E-state index in [9.17, 15) is 9.59 Å². The Balaban J connectivity index is 2.49. The van der Waals surface area contributed by atoms with Gasteiger partial charge in [-0.15, -0.1) is 0 Å². The molecule has 0 saturated heterocycles. The van der Waals surface area contributed by atoms with Gasteiger partial charge in [0.25, 0.3) is 5.56 Å². The van der Waals surface area contributed by atoms with Crippen LogP contribution >= 0.6 is 11.6 Å². The number of aromatic amines is 1. The lowest BCUT2D eigenvalue weighted by Gasteiger charge is -2.18. The molecule has 0 unspecified atom stereocenters. The number of carbonyl (C=O) groups is 1. The number of aromatic nitrogens is 2. The molecule has 6 nitrogen and oxygen atoms in total. The van der Waals surface area contributed by atoms with Crippen LogP contribution in [0.15, 0.2) is 11.0 Å². The number of halogens is 1. The molecule has 0 aliphatic rings. The van der Waals surface area contributed by atoms with Crippen LogP contribution in [0.4, 0.5) is 5.69 Å². The predicted octanol–water partition coefficient (Wildman–Crippen LogP) is 1.09. The van der Waals surface area contributed by atoms with Crippen LogP contribution in [0.2, 0.25) is 5.02 Å². The van der Waals surface area contributed by atoms with Gasteiger partial charge in [-0.05, 0) is 13.8 Å². The summed E-state index contributed by atoms with van der Waals surface area (Å²) in [5, 5.41) is 8.84. The second kappa shape index (κ2) is 7.00. The van der Waals surface area contributed by atoms with E-state index in [4.69, 9.17) is 11.6 Å². The van der Waals surface area contributed by atoms with Crippen LogP contribution in [0, 0.1) is 0 Å². The van der Waals surface area contributed by atoms with E-state index in [1.807, 2.05) is 13.8 Å². The second-order valence-electron chi connectivity index (χ2n) is 3.67. The maximum Gasteiger partial charge on any atom is 0.285 e. The first-order valence-corrected chi connectivity index (χ1v) is 6.22. The van der Waals surface area contributed by atoms with Crippen LogP contribution < -0.4 is 10.9 Å². The van der Waals surface area contributed by atoms with Crippen molar-refractivity contribution in [1.82, 2.24) is 15.1 Å². The van der Waals surface area contributed by atoms with Gasteiger partial charge in [0.1, 0.15) is 5.02 Å². The van der Waals surface area contributed by atoms with Crippen molar-refractivity contribution in [2.45, 2.75) is 20.3 Å². The molecule has 0 saturated carbocycles. The Morgan fingerprint density at radius 3 is 2.78 bits per heavy atom. The van der Waals surface area contributed by atoms with Gasteiger partial charge < -0.3 is 10.2 Å². The summed E-state index contributed by atoms with van der Waals surface area (Å²) in [4.78, 5) is 24.6. The molecule has 1 amide bonds. The van der Waals surface area contributed by atoms with Gasteiger partial charge >= 0.3 is 0 Å². The van der Waals surface area contributed by atoms with Crippen molar-refractivity contribution >= 4 is 23.2 Å². The zero-order chi connectivity index (χ0) is 13.5.